The van der Waals surface area contributed by atoms with E-state index < -0.39 is 29.5 Å². The fourth-order valence-corrected chi connectivity index (χ4v) is 3.96. The maximum Gasteiger partial charge on any atom is 0.417 e. The minimum Gasteiger partial charge on any atom is -0.383 e. The zero-order valence-corrected chi connectivity index (χ0v) is 19.9. The van der Waals surface area contributed by atoms with Crippen LogP contribution >= 0.6 is 11.6 Å². The second-order valence-corrected chi connectivity index (χ2v) is 8.63. The zero-order valence-electron chi connectivity index (χ0n) is 19.1. The largest absolute Gasteiger partial charge is 0.417 e. The average Bonchev–Trinajstić information content (AvgIpc) is 2.82. The second kappa shape index (κ2) is 9.69. The molecule has 1 atom stereocenters. The summed E-state index contributed by atoms with van der Waals surface area (Å²) in [5.74, 6) is -0.796. The van der Waals surface area contributed by atoms with Crippen molar-refractivity contribution in [1.29, 1.82) is 0 Å². The lowest BCUT2D eigenvalue weighted by molar-refractivity contribution is -0.137. The summed E-state index contributed by atoms with van der Waals surface area (Å²) in [7, 11) is 0. The molecule has 1 amide bonds. The highest BCUT2D eigenvalue weighted by Gasteiger charge is 2.32. The zero-order chi connectivity index (χ0) is 26.2. The van der Waals surface area contributed by atoms with Crippen molar-refractivity contribution < 1.29 is 22.4 Å². The van der Waals surface area contributed by atoms with Gasteiger partial charge in [0.05, 0.1) is 40.1 Å². The van der Waals surface area contributed by atoms with Crippen LogP contribution in [0.15, 0.2) is 54.9 Å². The third-order valence-corrected chi connectivity index (χ3v) is 6.09. The van der Waals surface area contributed by atoms with Gasteiger partial charge in [0, 0.05) is 23.3 Å². The van der Waals surface area contributed by atoms with E-state index in [1.807, 2.05) is 0 Å². The quantitative estimate of drug-likeness (QED) is 0.322. The smallest absolute Gasteiger partial charge is 0.383 e. The maximum atomic E-state index is 14.6. The summed E-state index contributed by atoms with van der Waals surface area (Å²) in [5, 5.41) is 0.389. The number of hydrogen-bond acceptors (Lipinski definition) is 5. The lowest BCUT2D eigenvalue weighted by Gasteiger charge is -2.29. The predicted octanol–water partition coefficient (Wildman–Crippen LogP) is 6.13. The number of hydrogen-bond donors (Lipinski definition) is 1. The van der Waals surface area contributed by atoms with Crippen molar-refractivity contribution in [2.45, 2.75) is 32.6 Å². The Balaban J connectivity index is 1.77. The Morgan fingerprint density at radius 1 is 1.17 bits per heavy atom. The number of aryl methyl sites for hydroxylation is 1. The van der Waals surface area contributed by atoms with Crippen LogP contribution in [0.2, 0.25) is 5.02 Å². The number of fused-ring (bicyclic) bond motifs is 1. The number of alkyl halides is 3. The SMILES string of the molecule is Cc1cc2cc(C(=O)N(Cc3ncc(C(F)(F)F)cc3Cl)[C@H](C)c3ncccc3F)ccc2nc1N. The summed E-state index contributed by atoms with van der Waals surface area (Å²) >= 11 is 6.11. The molecular formula is C25H20ClF4N5O. The molecule has 3 heterocycles. The molecular weight excluding hydrogens is 498 g/mol. The van der Waals surface area contributed by atoms with E-state index in [9.17, 15) is 22.4 Å². The summed E-state index contributed by atoms with van der Waals surface area (Å²) in [6.45, 7) is 3.06. The van der Waals surface area contributed by atoms with Crippen molar-refractivity contribution in [2.24, 2.45) is 0 Å². The van der Waals surface area contributed by atoms with Crippen LogP contribution in [-0.4, -0.2) is 25.8 Å². The van der Waals surface area contributed by atoms with Gasteiger partial charge < -0.3 is 10.6 Å². The third kappa shape index (κ3) is 5.08. The van der Waals surface area contributed by atoms with Gasteiger partial charge in [0.25, 0.3) is 5.91 Å². The van der Waals surface area contributed by atoms with Crippen molar-refractivity contribution in [3.63, 3.8) is 0 Å². The summed E-state index contributed by atoms with van der Waals surface area (Å²) in [6.07, 6.45) is -2.60. The molecule has 0 saturated carbocycles. The summed E-state index contributed by atoms with van der Waals surface area (Å²) in [5.41, 5.74) is 6.42. The first kappa shape index (κ1) is 25.3. The number of pyridine rings is 3. The van der Waals surface area contributed by atoms with Gasteiger partial charge in [-0.15, -0.1) is 0 Å². The minimum absolute atomic E-state index is 0.0139. The molecule has 0 radical (unpaired) electrons. The second-order valence-electron chi connectivity index (χ2n) is 8.23. The van der Waals surface area contributed by atoms with E-state index in [2.05, 4.69) is 15.0 Å². The molecule has 0 bridgehead atoms. The topological polar surface area (TPSA) is 85.0 Å². The van der Waals surface area contributed by atoms with Crippen LogP contribution in [0.1, 0.15) is 45.8 Å². The fourth-order valence-electron chi connectivity index (χ4n) is 3.73. The number of benzene rings is 1. The van der Waals surface area contributed by atoms with Gasteiger partial charge in [0.2, 0.25) is 0 Å². The Kier molecular flexibility index (Phi) is 6.81. The summed E-state index contributed by atoms with van der Waals surface area (Å²) in [4.78, 5) is 27.1. The van der Waals surface area contributed by atoms with E-state index in [1.54, 1.807) is 38.1 Å². The molecule has 186 valence electrons. The number of anilines is 1. The predicted molar refractivity (Wildman–Crippen MR) is 128 cm³/mol. The number of amides is 1. The number of carbonyl (C=O) groups is 1. The molecule has 3 aromatic heterocycles. The number of rotatable bonds is 5. The molecule has 0 aliphatic heterocycles. The molecule has 11 heteroatoms. The monoisotopic (exact) mass is 517 g/mol. The average molecular weight is 518 g/mol. The van der Waals surface area contributed by atoms with E-state index in [0.29, 0.717) is 22.9 Å². The maximum absolute atomic E-state index is 14.6. The van der Waals surface area contributed by atoms with Gasteiger partial charge in [-0.3, -0.25) is 14.8 Å². The lowest BCUT2D eigenvalue weighted by Crippen LogP contribution is -2.34. The molecule has 1 aromatic carbocycles. The third-order valence-electron chi connectivity index (χ3n) is 5.77. The molecule has 36 heavy (non-hydrogen) atoms. The first-order chi connectivity index (χ1) is 17.0. The van der Waals surface area contributed by atoms with Crippen LogP contribution in [0.25, 0.3) is 10.9 Å². The van der Waals surface area contributed by atoms with E-state index >= 15 is 0 Å². The first-order valence-electron chi connectivity index (χ1n) is 10.8. The standard InChI is InChI=1S/C25H20ClF4N5O/c1-13-8-16-9-15(5-6-20(16)34-23(13)31)24(36)35(14(2)22-19(27)4-3-7-32-22)12-21-18(26)10-17(11-33-21)25(28,29)30/h3-11,14H,12H2,1-2H3,(H2,31,34)/t14-/m1/s1. The Labute approximate surface area is 208 Å². The molecule has 0 saturated heterocycles. The number of carbonyl (C=O) groups excluding carboxylic acids is 1. The van der Waals surface area contributed by atoms with Crippen LogP contribution < -0.4 is 5.73 Å². The van der Waals surface area contributed by atoms with Crippen molar-refractivity contribution in [3.8, 4) is 0 Å². The number of nitrogens with two attached hydrogens (primary N) is 1. The van der Waals surface area contributed by atoms with Crippen molar-refractivity contribution in [2.75, 3.05) is 5.73 Å². The van der Waals surface area contributed by atoms with Crippen molar-refractivity contribution >= 4 is 34.2 Å². The van der Waals surface area contributed by atoms with E-state index in [1.165, 1.54) is 23.2 Å². The molecule has 4 rings (SSSR count). The van der Waals surface area contributed by atoms with E-state index in [-0.39, 0.29) is 28.5 Å². The van der Waals surface area contributed by atoms with Gasteiger partial charge in [-0.1, -0.05) is 11.6 Å². The molecule has 4 aromatic rings. The van der Waals surface area contributed by atoms with E-state index in [4.69, 9.17) is 17.3 Å². The highest BCUT2D eigenvalue weighted by molar-refractivity contribution is 6.31. The Morgan fingerprint density at radius 3 is 2.58 bits per heavy atom. The molecule has 6 nitrogen and oxygen atoms in total. The van der Waals surface area contributed by atoms with Gasteiger partial charge in [0.1, 0.15) is 11.6 Å². The van der Waals surface area contributed by atoms with Crippen LogP contribution in [-0.2, 0) is 12.7 Å². The highest BCUT2D eigenvalue weighted by Crippen LogP contribution is 2.33. The van der Waals surface area contributed by atoms with Crippen LogP contribution in [0.5, 0.6) is 0 Å². The molecule has 0 unspecified atom stereocenters. The van der Waals surface area contributed by atoms with Crippen LogP contribution in [0, 0.1) is 12.7 Å². The number of halogens is 5. The van der Waals surface area contributed by atoms with Gasteiger partial charge in [-0.25, -0.2) is 9.37 Å². The molecule has 0 spiro atoms. The number of nitrogen functional groups attached to an aromatic ring is 1. The fraction of sp³-hybridized carbons (Fsp3) is 0.200. The lowest BCUT2D eigenvalue weighted by atomic mass is 10.1. The molecule has 2 N–H and O–H groups in total. The Hall–Kier alpha value is -3.79. The Bertz CT molecular complexity index is 1460. The molecule has 0 fully saturated rings. The Morgan fingerprint density at radius 2 is 1.92 bits per heavy atom. The van der Waals surface area contributed by atoms with Crippen molar-refractivity contribution in [1.82, 2.24) is 19.9 Å². The van der Waals surface area contributed by atoms with Gasteiger partial charge in [0.15, 0.2) is 0 Å². The van der Waals surface area contributed by atoms with Crippen LogP contribution in [0.3, 0.4) is 0 Å². The first-order valence-corrected chi connectivity index (χ1v) is 11.1. The minimum atomic E-state index is -4.63. The van der Waals surface area contributed by atoms with Gasteiger partial charge in [-0.05, 0) is 61.9 Å². The highest BCUT2D eigenvalue weighted by atomic mass is 35.5. The number of nitrogens with zero attached hydrogens (tertiary/aromatic N) is 4. The number of aromatic nitrogens is 3. The summed E-state index contributed by atoms with van der Waals surface area (Å²) in [6, 6.07) is 9.04. The summed E-state index contributed by atoms with van der Waals surface area (Å²) < 4.78 is 53.8. The van der Waals surface area contributed by atoms with Gasteiger partial charge >= 0.3 is 6.18 Å². The molecule has 0 aliphatic carbocycles. The van der Waals surface area contributed by atoms with E-state index in [0.717, 1.165) is 11.6 Å². The van der Waals surface area contributed by atoms with Crippen LogP contribution in [0.4, 0.5) is 23.4 Å². The van der Waals surface area contributed by atoms with Gasteiger partial charge in [-0.2, -0.15) is 13.2 Å². The normalized spacial score (nSPS) is 12.5. The van der Waals surface area contributed by atoms with Crippen molar-refractivity contribution in [3.05, 3.63) is 93.8 Å². The molecule has 0 aliphatic rings.